The molecule has 21 nitrogen and oxygen atoms in total. The summed E-state index contributed by atoms with van der Waals surface area (Å²) in [5, 5.41) is 99.3. The summed E-state index contributed by atoms with van der Waals surface area (Å²) in [6, 6.07) is 21.1. The standard InChI is InChI=1S/C25H28N2O5.C20H20N2O5.C15H12N2O5/c1-16(8-5-13-28)6-3-7-17(2)11-12-27-20-14-18(29)15-22(31)24(20)26-23-19(25(27)32)9-4-10-21(23)30;1-12(4-3-9-23)7-8-22-15-10-13(24)11-17(26)19(15)21-18-14(20(22)27)5-2-6-16(18)25;18-5-4-17-10-6-8(19)7-12(21)14(10)16-13-9(15(17)22)2-1-3-11(13)20/h4,6,9-11,13-15,26,29-31H,3,5,7-8,12H2,1-2H3;2,5-7,9-11,21,24-26H,3-4,8H2,1H3;1-3,5-7,16,19-21H,4H2/b16-6+,17-11+;12-7+;. The van der Waals surface area contributed by atoms with Crippen LogP contribution < -0.4 is 30.7 Å². The predicted octanol–water partition coefficient (Wildman–Crippen LogP) is 10.3. The van der Waals surface area contributed by atoms with Gasteiger partial charge in [0, 0.05) is 62.3 Å². The van der Waals surface area contributed by atoms with E-state index < -0.39 is 11.8 Å². The first-order valence-electron chi connectivity index (χ1n) is 25.4. The third kappa shape index (κ3) is 13.3. The van der Waals surface area contributed by atoms with Crippen molar-refractivity contribution in [1.29, 1.82) is 0 Å². The second-order valence-corrected chi connectivity index (χ2v) is 19.1. The first-order valence-corrected chi connectivity index (χ1v) is 25.4. The van der Waals surface area contributed by atoms with Crippen molar-refractivity contribution in [3.05, 3.63) is 143 Å². The van der Waals surface area contributed by atoms with Crippen LogP contribution in [0.1, 0.15) is 90.4 Å². The number of fused-ring (bicyclic) bond motifs is 6. The lowest BCUT2D eigenvalue weighted by Crippen LogP contribution is -2.32. The number of rotatable bonds is 15. The highest BCUT2D eigenvalue weighted by Gasteiger charge is 2.33. The number of anilines is 9. The maximum atomic E-state index is 13.3. The molecule has 6 aromatic rings. The summed E-state index contributed by atoms with van der Waals surface area (Å²) in [6.07, 6.45) is 12.1. The molecule has 0 atom stereocenters. The number of phenols is 9. The molecule has 0 saturated carbocycles. The Hall–Kier alpha value is -10.4. The minimum absolute atomic E-state index is 0.111. The van der Waals surface area contributed by atoms with Crippen LogP contribution in [0.2, 0.25) is 0 Å². The van der Waals surface area contributed by atoms with Gasteiger partial charge in [0.15, 0.2) is 0 Å². The topological polar surface area (TPSA) is 330 Å². The molecule has 21 heteroatoms. The molecule has 0 spiro atoms. The Labute approximate surface area is 464 Å². The number of aromatic hydroxyl groups is 9. The molecule has 0 aromatic heterocycles. The van der Waals surface area contributed by atoms with Gasteiger partial charge in [0.2, 0.25) is 0 Å². The lowest BCUT2D eigenvalue weighted by molar-refractivity contribution is -0.108. The van der Waals surface area contributed by atoms with E-state index in [4.69, 9.17) is 0 Å². The van der Waals surface area contributed by atoms with Crippen LogP contribution in [0.25, 0.3) is 0 Å². The SMILES string of the molecule is C/C(=C\CC/C(C)=C/CN1C(=O)c2cccc(O)c2Nc2c(O)cc(O)cc21)CCC=O.C/C(=C\CN1C(=O)c2cccc(O)c2Nc2c(O)cc(O)cc21)CCC=O.O=CCN1C(=O)c2cccc(O)c2Nc2c(O)cc(O)cc21. The molecule has 420 valence electrons. The predicted molar refractivity (Wildman–Crippen MR) is 306 cm³/mol. The number of hydrogen-bond acceptors (Lipinski definition) is 18. The fraction of sp³-hybridized carbons (Fsp3) is 0.200. The summed E-state index contributed by atoms with van der Waals surface area (Å²) < 4.78 is 0. The third-order valence-electron chi connectivity index (χ3n) is 13.3. The fourth-order valence-electron chi connectivity index (χ4n) is 9.04. The van der Waals surface area contributed by atoms with Crippen LogP contribution in [0.3, 0.4) is 0 Å². The van der Waals surface area contributed by atoms with Gasteiger partial charge < -0.3 is 86.1 Å². The molecular formula is C60H60N6O15. The molecule has 6 aromatic carbocycles. The highest BCUT2D eigenvalue weighted by atomic mass is 16.3. The second kappa shape index (κ2) is 25.8. The normalized spacial score (nSPS) is 13.4. The number of phenolic OH excluding ortho intramolecular Hbond substituents is 9. The van der Waals surface area contributed by atoms with Crippen molar-refractivity contribution < 1.29 is 74.7 Å². The van der Waals surface area contributed by atoms with Gasteiger partial charge in [-0.3, -0.25) is 19.3 Å². The van der Waals surface area contributed by atoms with Gasteiger partial charge >= 0.3 is 0 Å². The number of aldehydes is 3. The van der Waals surface area contributed by atoms with Crippen LogP contribution in [0.4, 0.5) is 51.2 Å². The zero-order valence-corrected chi connectivity index (χ0v) is 44.3. The van der Waals surface area contributed by atoms with Crippen LogP contribution in [0.5, 0.6) is 51.7 Å². The zero-order valence-electron chi connectivity index (χ0n) is 44.3. The summed E-state index contributed by atoms with van der Waals surface area (Å²) in [5.74, 6) is -3.10. The fourth-order valence-corrected chi connectivity index (χ4v) is 9.04. The summed E-state index contributed by atoms with van der Waals surface area (Å²) in [7, 11) is 0. The summed E-state index contributed by atoms with van der Waals surface area (Å²) in [6.45, 7) is 6.00. The molecule has 3 aliphatic heterocycles. The Bertz CT molecular complexity index is 3540. The number of carbonyl (C=O) groups excluding carboxylic acids is 6. The number of nitrogens with one attached hydrogen (secondary N) is 3. The van der Waals surface area contributed by atoms with Crippen molar-refractivity contribution >= 4 is 87.8 Å². The molecule has 12 N–H and O–H groups in total. The van der Waals surface area contributed by atoms with Crippen molar-refractivity contribution in [3.8, 4) is 51.7 Å². The Morgan fingerprint density at radius 1 is 0.383 bits per heavy atom. The van der Waals surface area contributed by atoms with Crippen LogP contribution in [0.15, 0.2) is 126 Å². The number of carbonyl (C=O) groups is 6. The Kier molecular flexibility index (Phi) is 18.6. The molecule has 0 radical (unpaired) electrons. The van der Waals surface area contributed by atoms with E-state index in [1.165, 1.54) is 70.0 Å². The van der Waals surface area contributed by atoms with Gasteiger partial charge in [-0.1, -0.05) is 53.1 Å². The molecule has 0 saturated heterocycles. The number of amides is 3. The van der Waals surface area contributed by atoms with E-state index in [-0.39, 0.29) is 139 Å². The Morgan fingerprint density at radius 2 is 0.691 bits per heavy atom. The van der Waals surface area contributed by atoms with Gasteiger partial charge in [-0.15, -0.1) is 0 Å². The minimum atomic E-state index is -0.533. The maximum absolute atomic E-state index is 13.3. The van der Waals surface area contributed by atoms with Crippen LogP contribution in [-0.2, 0) is 14.4 Å². The first kappa shape index (κ1) is 58.2. The van der Waals surface area contributed by atoms with E-state index >= 15 is 0 Å². The van der Waals surface area contributed by atoms with Gasteiger partial charge in [-0.2, -0.15) is 0 Å². The van der Waals surface area contributed by atoms with Crippen molar-refractivity contribution in [2.24, 2.45) is 0 Å². The van der Waals surface area contributed by atoms with E-state index in [9.17, 15) is 74.7 Å². The quantitative estimate of drug-likeness (QED) is 0.0197. The smallest absolute Gasteiger partial charge is 0.261 e. The number of allylic oxidation sites excluding steroid dienone is 4. The lowest BCUT2D eigenvalue weighted by Gasteiger charge is -2.22. The minimum Gasteiger partial charge on any atom is -0.508 e. The molecule has 0 aliphatic carbocycles. The van der Waals surface area contributed by atoms with E-state index in [0.29, 0.717) is 31.2 Å². The maximum Gasteiger partial charge on any atom is 0.261 e. The third-order valence-corrected chi connectivity index (χ3v) is 13.3. The van der Waals surface area contributed by atoms with Crippen molar-refractivity contribution in [2.75, 3.05) is 50.3 Å². The molecule has 0 fully saturated rings. The van der Waals surface area contributed by atoms with Crippen molar-refractivity contribution in [3.63, 3.8) is 0 Å². The van der Waals surface area contributed by atoms with Crippen LogP contribution in [-0.4, -0.2) is 102 Å². The van der Waals surface area contributed by atoms with Crippen molar-refractivity contribution in [1.82, 2.24) is 0 Å². The zero-order chi connectivity index (χ0) is 58.7. The molecule has 3 amide bonds. The molecule has 3 heterocycles. The molecule has 9 rings (SSSR count). The summed E-state index contributed by atoms with van der Waals surface area (Å²) >= 11 is 0. The number of benzene rings is 6. The second-order valence-electron chi connectivity index (χ2n) is 19.1. The molecule has 0 bridgehead atoms. The number of nitrogens with zero attached hydrogens (tertiary/aromatic N) is 3. The summed E-state index contributed by atoms with van der Waals surface area (Å²) in [5.41, 5.74) is 5.68. The van der Waals surface area contributed by atoms with Gasteiger partial charge in [0.1, 0.15) is 87.7 Å². The van der Waals surface area contributed by atoms with Gasteiger partial charge in [-0.05, 0) is 82.9 Å². The highest BCUT2D eigenvalue weighted by molar-refractivity contribution is 6.17. The average molecular weight is 1110 g/mol. The number of hydrogen-bond donors (Lipinski definition) is 12. The largest absolute Gasteiger partial charge is 0.508 e. The molecule has 81 heavy (non-hydrogen) atoms. The molecular weight excluding hydrogens is 1040 g/mol. The van der Waals surface area contributed by atoms with E-state index in [1.807, 2.05) is 32.9 Å². The van der Waals surface area contributed by atoms with E-state index in [0.717, 1.165) is 60.0 Å². The van der Waals surface area contributed by atoms with Crippen molar-refractivity contribution in [2.45, 2.75) is 59.3 Å². The number of para-hydroxylation sites is 3. The van der Waals surface area contributed by atoms with E-state index in [1.54, 1.807) is 24.3 Å². The first-order chi connectivity index (χ1) is 38.8. The Morgan fingerprint density at radius 3 is 1.01 bits per heavy atom. The van der Waals surface area contributed by atoms with Gasteiger partial charge in [0.25, 0.3) is 17.7 Å². The lowest BCUT2D eigenvalue weighted by atomic mass is 10.1. The van der Waals surface area contributed by atoms with Gasteiger partial charge in [-0.25, -0.2) is 0 Å². The van der Waals surface area contributed by atoms with Crippen LogP contribution >= 0.6 is 0 Å². The van der Waals surface area contributed by atoms with E-state index in [2.05, 4.69) is 22.0 Å². The Balaban J connectivity index is 0.000000178. The molecule has 0 unspecified atom stereocenters. The average Bonchev–Trinajstić information content (AvgIpc) is 3.82. The van der Waals surface area contributed by atoms with Crippen LogP contribution in [0, 0.1) is 0 Å². The monoisotopic (exact) mass is 1100 g/mol. The van der Waals surface area contributed by atoms with Gasteiger partial charge in [0.05, 0.1) is 57.4 Å². The summed E-state index contributed by atoms with van der Waals surface area (Å²) in [4.78, 5) is 75.0. The highest BCUT2D eigenvalue weighted by Crippen LogP contribution is 2.49. The molecule has 3 aliphatic rings.